The lowest BCUT2D eigenvalue weighted by Crippen LogP contribution is -2.29. The van der Waals surface area contributed by atoms with Gasteiger partial charge in [-0.15, -0.1) is 0 Å². The molecule has 1 fully saturated rings. The normalized spacial score (nSPS) is 18.7. The summed E-state index contributed by atoms with van der Waals surface area (Å²) in [7, 11) is -4.82. The van der Waals surface area contributed by atoms with Crippen molar-refractivity contribution in [1.29, 1.82) is 0 Å². The van der Waals surface area contributed by atoms with Crippen LogP contribution in [0.2, 0.25) is 0 Å². The van der Waals surface area contributed by atoms with Crippen molar-refractivity contribution in [1.82, 2.24) is 0 Å². The molecule has 0 aromatic rings. The number of hydrogen-bond donors (Lipinski definition) is 4. The lowest BCUT2D eigenvalue weighted by Gasteiger charge is -2.19. The second-order valence-electron chi connectivity index (χ2n) is 15.5. The molecule has 0 radical (unpaired) electrons. The molecule has 11 nitrogen and oxygen atoms in total. The largest absolute Gasteiger partial charge is 0.469 e. The molecule has 1 aliphatic carbocycles. The van der Waals surface area contributed by atoms with Crippen molar-refractivity contribution in [3.63, 3.8) is 0 Å². The summed E-state index contributed by atoms with van der Waals surface area (Å²) >= 11 is 0. The van der Waals surface area contributed by atoms with Crippen molar-refractivity contribution >= 4 is 25.5 Å². The summed E-state index contributed by atoms with van der Waals surface area (Å²) < 4.78 is 26.4. The number of ketones is 1. The van der Waals surface area contributed by atoms with E-state index in [0.29, 0.717) is 32.1 Å². The first-order valence-corrected chi connectivity index (χ1v) is 23.1. The van der Waals surface area contributed by atoms with Gasteiger partial charge in [-0.1, -0.05) is 161 Å². The van der Waals surface area contributed by atoms with Gasteiger partial charge in [0, 0.05) is 31.1 Å². The number of ether oxygens (including phenoxy) is 2. The summed E-state index contributed by atoms with van der Waals surface area (Å²) in [6.07, 6.45) is 28.3. The fraction of sp³-hybridized carbons (Fsp3) is 0.881. The third kappa shape index (κ3) is 27.9. The van der Waals surface area contributed by atoms with Gasteiger partial charge in [0.2, 0.25) is 0 Å². The van der Waals surface area contributed by atoms with Crippen LogP contribution in [0, 0.1) is 11.8 Å². The molecule has 0 heterocycles. The predicted molar refractivity (Wildman–Crippen MR) is 213 cm³/mol. The molecule has 5 atom stereocenters. The van der Waals surface area contributed by atoms with E-state index < -0.39 is 44.7 Å². The molecule has 0 amide bonds. The van der Waals surface area contributed by atoms with Gasteiger partial charge in [-0.05, 0) is 25.7 Å². The van der Waals surface area contributed by atoms with Crippen LogP contribution in [-0.2, 0) is 32.9 Å². The lowest BCUT2D eigenvalue weighted by molar-refractivity contribution is -0.161. The Bertz CT molecular complexity index is 1050. The summed E-state index contributed by atoms with van der Waals surface area (Å²) in [4.78, 5) is 55.6. The fourth-order valence-electron chi connectivity index (χ4n) is 7.15. The van der Waals surface area contributed by atoms with Gasteiger partial charge in [-0.25, -0.2) is 4.57 Å². The maximum atomic E-state index is 12.5. The van der Waals surface area contributed by atoms with Crippen LogP contribution in [0.5, 0.6) is 0 Å². The van der Waals surface area contributed by atoms with Gasteiger partial charge in [0.25, 0.3) is 0 Å². The first-order valence-electron chi connectivity index (χ1n) is 21.6. The van der Waals surface area contributed by atoms with Gasteiger partial charge in [0.15, 0.2) is 6.10 Å². The summed E-state index contributed by atoms with van der Waals surface area (Å²) in [5, 5.41) is 20.6. The summed E-state index contributed by atoms with van der Waals surface area (Å²) in [5.41, 5.74) is 0. The molecular weight excluding hydrogens is 711 g/mol. The minimum Gasteiger partial charge on any atom is -0.462 e. The van der Waals surface area contributed by atoms with Gasteiger partial charge in [-0.2, -0.15) is 0 Å². The Morgan fingerprint density at radius 3 is 1.74 bits per heavy atom. The topological polar surface area (TPSA) is 177 Å². The molecular formula is C42H77O11P. The zero-order chi connectivity index (χ0) is 39.9. The number of carbonyl (C=O) groups excluding carboxylic acids is 3. The maximum Gasteiger partial charge on any atom is 0.469 e. The Morgan fingerprint density at radius 1 is 0.722 bits per heavy atom. The zero-order valence-corrected chi connectivity index (χ0v) is 34.7. The minimum atomic E-state index is -4.82. The Morgan fingerprint density at radius 2 is 1.20 bits per heavy atom. The van der Waals surface area contributed by atoms with Crippen molar-refractivity contribution in [3.05, 3.63) is 12.2 Å². The molecule has 1 aliphatic rings. The quantitative estimate of drug-likeness (QED) is 0.0206. The van der Waals surface area contributed by atoms with Crippen molar-refractivity contribution in [2.45, 2.75) is 212 Å². The van der Waals surface area contributed by atoms with E-state index in [-0.39, 0.29) is 43.5 Å². The predicted octanol–water partition coefficient (Wildman–Crippen LogP) is 9.61. The fourth-order valence-corrected chi connectivity index (χ4v) is 7.51. The molecule has 1 saturated carbocycles. The van der Waals surface area contributed by atoms with Gasteiger partial charge in [0.05, 0.1) is 18.8 Å². The average Bonchev–Trinajstić information content (AvgIpc) is 3.40. The Hall–Kier alpha value is -1.62. The van der Waals surface area contributed by atoms with Crippen LogP contribution in [0.25, 0.3) is 0 Å². The highest BCUT2D eigenvalue weighted by Crippen LogP contribution is 2.36. The number of carbonyl (C=O) groups is 3. The van der Waals surface area contributed by atoms with Crippen LogP contribution in [0.15, 0.2) is 12.2 Å². The van der Waals surface area contributed by atoms with Crippen LogP contribution in [-0.4, -0.2) is 69.2 Å². The van der Waals surface area contributed by atoms with Crippen molar-refractivity contribution in [3.8, 4) is 0 Å². The Kier molecular flexibility index (Phi) is 30.3. The molecule has 1 rings (SSSR count). The van der Waals surface area contributed by atoms with Crippen LogP contribution in [0.1, 0.15) is 194 Å². The van der Waals surface area contributed by atoms with Gasteiger partial charge in [0.1, 0.15) is 12.4 Å². The maximum absolute atomic E-state index is 12.5. The number of aliphatic hydroxyl groups is 2. The third-order valence-corrected chi connectivity index (χ3v) is 10.9. The molecule has 0 aliphatic heterocycles. The number of aliphatic hydroxyl groups excluding tert-OH is 2. The minimum absolute atomic E-state index is 0.0375. The molecule has 0 aromatic carbocycles. The smallest absolute Gasteiger partial charge is 0.462 e. The Labute approximate surface area is 327 Å². The van der Waals surface area contributed by atoms with Gasteiger partial charge in [-0.3, -0.25) is 18.9 Å². The number of unbranched alkanes of at least 4 members (excludes halogenated alkanes) is 20. The number of rotatable bonds is 36. The van der Waals surface area contributed by atoms with Crippen molar-refractivity contribution in [2.75, 3.05) is 13.2 Å². The van der Waals surface area contributed by atoms with Crippen LogP contribution >= 0.6 is 7.82 Å². The van der Waals surface area contributed by atoms with E-state index in [4.69, 9.17) is 19.3 Å². The molecule has 0 aromatic heterocycles. The van der Waals surface area contributed by atoms with Gasteiger partial charge >= 0.3 is 19.8 Å². The summed E-state index contributed by atoms with van der Waals surface area (Å²) in [6, 6.07) is 0. The summed E-state index contributed by atoms with van der Waals surface area (Å²) in [5.74, 6) is -1.59. The van der Waals surface area contributed by atoms with E-state index in [1.54, 1.807) is 12.2 Å². The van der Waals surface area contributed by atoms with Crippen LogP contribution in [0.3, 0.4) is 0 Å². The monoisotopic (exact) mass is 789 g/mol. The highest BCUT2D eigenvalue weighted by molar-refractivity contribution is 7.46. The second kappa shape index (κ2) is 32.5. The van der Waals surface area contributed by atoms with E-state index in [0.717, 1.165) is 51.4 Å². The van der Waals surface area contributed by atoms with E-state index in [1.165, 1.54) is 77.0 Å². The molecule has 0 spiro atoms. The summed E-state index contributed by atoms with van der Waals surface area (Å²) in [6.45, 7) is 3.40. The molecule has 0 bridgehead atoms. The number of phosphoric acid groups is 1. The number of esters is 2. The van der Waals surface area contributed by atoms with Crippen LogP contribution in [0.4, 0.5) is 0 Å². The zero-order valence-electron chi connectivity index (χ0n) is 33.8. The number of Topliss-reactive ketones (excluding diaryl/α,β-unsaturated/α-hetero) is 1. The van der Waals surface area contributed by atoms with Crippen LogP contribution < -0.4 is 0 Å². The molecule has 12 heteroatoms. The molecule has 0 saturated heterocycles. The standard InChI is InChI=1S/C42H77O11P/c1-3-5-7-8-9-10-11-12-13-14-15-16-17-18-19-24-28-41(46)51-33-36(34-52-54(48,49)50)53-42(47)29-25-21-20-23-27-37-38(40(45)32-39(37)44)31-30-35(43)26-22-6-4-2/h30-31,35-38,40,43,45H,3-29,32-34H2,1-2H3,(H2,48,49,50)/b31-30+/t35-,36+,37+,38+,40+/m0/s1. The number of phosphoric ester groups is 1. The molecule has 4 N–H and O–H groups in total. The SMILES string of the molecule is CCCCCCCCCCCCCCCCCCC(=O)OC[C@H](COP(=O)(O)O)OC(=O)CCCCCC[C@H]1C(=O)C[C@@H](O)[C@@H]1/C=C/[C@@H](O)CCCCC. The van der Waals surface area contributed by atoms with E-state index in [9.17, 15) is 29.2 Å². The van der Waals surface area contributed by atoms with E-state index in [2.05, 4.69) is 18.4 Å². The highest BCUT2D eigenvalue weighted by atomic mass is 31.2. The van der Waals surface area contributed by atoms with Crippen molar-refractivity contribution < 1.29 is 52.9 Å². The molecule has 0 unspecified atom stereocenters. The average molecular weight is 789 g/mol. The second-order valence-corrected chi connectivity index (χ2v) is 16.7. The Balaban J connectivity index is 2.24. The first-order chi connectivity index (χ1) is 26.0. The number of hydrogen-bond acceptors (Lipinski definition) is 9. The molecule has 54 heavy (non-hydrogen) atoms. The van der Waals surface area contributed by atoms with E-state index in [1.807, 2.05) is 0 Å². The molecule has 316 valence electrons. The lowest BCUT2D eigenvalue weighted by atomic mass is 9.88. The third-order valence-electron chi connectivity index (χ3n) is 10.4. The highest BCUT2D eigenvalue weighted by Gasteiger charge is 2.39. The van der Waals surface area contributed by atoms with E-state index >= 15 is 0 Å². The van der Waals surface area contributed by atoms with Crippen molar-refractivity contribution in [2.24, 2.45) is 11.8 Å². The first kappa shape index (κ1) is 50.4. The van der Waals surface area contributed by atoms with Gasteiger partial charge < -0.3 is 29.5 Å².